The van der Waals surface area contributed by atoms with Crippen LogP contribution in [0, 0.1) is 0 Å². The molecule has 0 spiro atoms. The van der Waals surface area contributed by atoms with E-state index in [1.807, 2.05) is 18.2 Å². The third-order valence-electron chi connectivity index (χ3n) is 2.65. The van der Waals surface area contributed by atoms with Crippen LogP contribution in [0.15, 0.2) is 18.2 Å². The normalized spacial score (nSPS) is 12.8. The van der Waals surface area contributed by atoms with Crippen LogP contribution in [0.25, 0.3) is 0 Å². The van der Waals surface area contributed by atoms with Crippen LogP contribution in [0.1, 0.15) is 37.7 Å². The predicted octanol–water partition coefficient (Wildman–Crippen LogP) is 4.23. The zero-order chi connectivity index (χ0) is 11.3. The first kappa shape index (κ1) is 12.8. The second-order valence-electron chi connectivity index (χ2n) is 3.70. The Labute approximate surface area is 102 Å². The van der Waals surface area contributed by atoms with Crippen molar-refractivity contribution in [2.45, 2.75) is 32.1 Å². The van der Waals surface area contributed by atoms with Crippen LogP contribution < -0.4 is 5.73 Å². The highest BCUT2D eigenvalue weighted by Crippen LogP contribution is 2.32. The second-order valence-corrected chi connectivity index (χ2v) is 4.55. The molecule has 0 aromatic heterocycles. The van der Waals surface area contributed by atoms with Gasteiger partial charge in [-0.1, -0.05) is 36.2 Å². The molecule has 0 heterocycles. The highest BCUT2D eigenvalue weighted by atomic mass is 35.5. The van der Waals surface area contributed by atoms with Gasteiger partial charge < -0.3 is 5.73 Å². The van der Waals surface area contributed by atoms with Crippen LogP contribution in [0.2, 0.25) is 10.0 Å². The van der Waals surface area contributed by atoms with Crippen LogP contribution in [0.3, 0.4) is 0 Å². The van der Waals surface area contributed by atoms with E-state index in [1.165, 1.54) is 5.56 Å². The van der Waals surface area contributed by atoms with Crippen LogP contribution >= 0.6 is 23.2 Å². The molecule has 0 aliphatic carbocycles. The highest BCUT2D eigenvalue weighted by Gasteiger charge is 2.12. The van der Waals surface area contributed by atoms with E-state index in [0.29, 0.717) is 10.9 Å². The van der Waals surface area contributed by atoms with Gasteiger partial charge in [-0.25, -0.2) is 0 Å². The first-order valence-corrected chi connectivity index (χ1v) is 6.09. The van der Waals surface area contributed by atoms with Crippen molar-refractivity contribution >= 4 is 23.2 Å². The molecular weight excluding hydrogens is 229 g/mol. The van der Waals surface area contributed by atoms with Crippen molar-refractivity contribution in [1.29, 1.82) is 0 Å². The highest BCUT2D eigenvalue weighted by molar-refractivity contribution is 6.35. The van der Waals surface area contributed by atoms with Gasteiger partial charge in [-0.05, 0) is 49.4 Å². The van der Waals surface area contributed by atoms with Crippen LogP contribution in [0.5, 0.6) is 0 Å². The minimum atomic E-state index is 0.498. The monoisotopic (exact) mass is 245 g/mol. The Balaban J connectivity index is 2.81. The fourth-order valence-corrected chi connectivity index (χ4v) is 2.34. The summed E-state index contributed by atoms with van der Waals surface area (Å²) in [6.45, 7) is 2.91. The van der Waals surface area contributed by atoms with E-state index >= 15 is 0 Å². The topological polar surface area (TPSA) is 26.0 Å². The lowest BCUT2D eigenvalue weighted by molar-refractivity contribution is 0.581. The first-order chi connectivity index (χ1) is 7.19. The maximum Gasteiger partial charge on any atom is 0.0455 e. The molecule has 84 valence electrons. The molecule has 0 radical (unpaired) electrons. The Bertz CT molecular complexity index is 312. The Kier molecular flexibility index (Phi) is 5.44. The molecule has 0 aliphatic rings. The van der Waals surface area contributed by atoms with Gasteiger partial charge in [0.05, 0.1) is 0 Å². The average Bonchev–Trinajstić information content (AvgIpc) is 2.21. The first-order valence-electron chi connectivity index (χ1n) is 5.34. The number of rotatable bonds is 5. The molecule has 1 unspecified atom stereocenters. The van der Waals surface area contributed by atoms with Gasteiger partial charge in [-0.15, -0.1) is 0 Å². The summed E-state index contributed by atoms with van der Waals surface area (Å²) in [5.74, 6) is 0.498. The molecule has 0 bridgehead atoms. The van der Waals surface area contributed by atoms with Crippen LogP contribution in [-0.4, -0.2) is 6.54 Å². The summed E-state index contributed by atoms with van der Waals surface area (Å²) in [6.07, 6.45) is 3.22. The van der Waals surface area contributed by atoms with Gasteiger partial charge in [-0.3, -0.25) is 0 Å². The third-order valence-corrected chi connectivity index (χ3v) is 3.21. The SMILES string of the molecule is CCC(CCCN)c1ccc(Cl)cc1Cl. The summed E-state index contributed by atoms with van der Waals surface area (Å²) in [7, 11) is 0. The van der Waals surface area contributed by atoms with Gasteiger partial charge in [0.15, 0.2) is 0 Å². The van der Waals surface area contributed by atoms with Crippen molar-refractivity contribution in [3.05, 3.63) is 33.8 Å². The summed E-state index contributed by atoms with van der Waals surface area (Å²) in [4.78, 5) is 0. The predicted molar refractivity (Wildman–Crippen MR) is 67.8 cm³/mol. The molecule has 3 heteroatoms. The zero-order valence-electron chi connectivity index (χ0n) is 8.97. The Morgan fingerprint density at radius 3 is 2.60 bits per heavy atom. The molecule has 1 aromatic carbocycles. The van der Waals surface area contributed by atoms with Crippen molar-refractivity contribution in [3.63, 3.8) is 0 Å². The van der Waals surface area contributed by atoms with E-state index in [4.69, 9.17) is 28.9 Å². The van der Waals surface area contributed by atoms with Gasteiger partial charge in [0.2, 0.25) is 0 Å². The molecule has 0 aliphatic heterocycles. The Hall–Kier alpha value is -0.240. The third kappa shape index (κ3) is 3.67. The number of nitrogens with two attached hydrogens (primary N) is 1. The fraction of sp³-hybridized carbons (Fsp3) is 0.500. The lowest BCUT2D eigenvalue weighted by Gasteiger charge is -2.16. The molecule has 0 saturated heterocycles. The maximum atomic E-state index is 6.17. The lowest BCUT2D eigenvalue weighted by Crippen LogP contribution is -2.04. The zero-order valence-corrected chi connectivity index (χ0v) is 10.5. The van der Waals surface area contributed by atoms with E-state index in [9.17, 15) is 0 Å². The molecule has 1 rings (SSSR count). The molecule has 1 nitrogen and oxygen atoms in total. The van der Waals surface area contributed by atoms with E-state index < -0.39 is 0 Å². The summed E-state index contributed by atoms with van der Waals surface area (Å²) in [5.41, 5.74) is 6.71. The fourth-order valence-electron chi connectivity index (χ4n) is 1.78. The average molecular weight is 246 g/mol. The Morgan fingerprint density at radius 2 is 2.07 bits per heavy atom. The van der Waals surface area contributed by atoms with Gasteiger partial charge in [0.25, 0.3) is 0 Å². The van der Waals surface area contributed by atoms with Gasteiger partial charge in [0, 0.05) is 10.0 Å². The maximum absolute atomic E-state index is 6.17. The van der Waals surface area contributed by atoms with Crippen molar-refractivity contribution < 1.29 is 0 Å². The summed E-state index contributed by atoms with van der Waals surface area (Å²) >= 11 is 12.0. The molecule has 1 atom stereocenters. The van der Waals surface area contributed by atoms with E-state index in [0.717, 1.165) is 30.8 Å². The second kappa shape index (κ2) is 6.37. The lowest BCUT2D eigenvalue weighted by atomic mass is 9.92. The number of hydrogen-bond donors (Lipinski definition) is 1. The summed E-state index contributed by atoms with van der Waals surface area (Å²) in [5, 5.41) is 1.46. The van der Waals surface area contributed by atoms with Crippen molar-refractivity contribution in [2.75, 3.05) is 6.54 Å². The van der Waals surface area contributed by atoms with Crippen molar-refractivity contribution in [2.24, 2.45) is 5.73 Å². The minimum absolute atomic E-state index is 0.498. The molecular formula is C12H17Cl2N. The van der Waals surface area contributed by atoms with Gasteiger partial charge >= 0.3 is 0 Å². The van der Waals surface area contributed by atoms with E-state index in [2.05, 4.69) is 6.92 Å². The number of benzene rings is 1. The molecule has 15 heavy (non-hydrogen) atoms. The van der Waals surface area contributed by atoms with Crippen molar-refractivity contribution in [1.82, 2.24) is 0 Å². The van der Waals surface area contributed by atoms with E-state index in [-0.39, 0.29) is 0 Å². The quantitative estimate of drug-likeness (QED) is 0.826. The van der Waals surface area contributed by atoms with Crippen molar-refractivity contribution in [3.8, 4) is 0 Å². The molecule has 0 fully saturated rings. The largest absolute Gasteiger partial charge is 0.330 e. The standard InChI is InChI=1S/C12H17Cl2N/c1-2-9(4-3-7-15)11-6-5-10(13)8-12(11)14/h5-6,8-9H,2-4,7,15H2,1H3. The molecule has 0 saturated carbocycles. The van der Waals surface area contributed by atoms with Crippen LogP contribution in [-0.2, 0) is 0 Å². The Morgan fingerprint density at radius 1 is 1.33 bits per heavy atom. The van der Waals surface area contributed by atoms with Gasteiger partial charge in [0.1, 0.15) is 0 Å². The minimum Gasteiger partial charge on any atom is -0.330 e. The molecule has 2 N–H and O–H groups in total. The number of halogens is 2. The molecule has 1 aromatic rings. The summed E-state index contributed by atoms with van der Waals surface area (Å²) in [6, 6.07) is 5.73. The van der Waals surface area contributed by atoms with Gasteiger partial charge in [-0.2, -0.15) is 0 Å². The van der Waals surface area contributed by atoms with E-state index in [1.54, 1.807) is 0 Å². The van der Waals surface area contributed by atoms with Crippen LogP contribution in [0.4, 0.5) is 0 Å². The molecule has 0 amide bonds. The summed E-state index contributed by atoms with van der Waals surface area (Å²) < 4.78 is 0. The smallest absolute Gasteiger partial charge is 0.0455 e. The number of hydrogen-bond acceptors (Lipinski definition) is 1.